The first-order valence-corrected chi connectivity index (χ1v) is 12.2. The second-order valence-electron chi connectivity index (χ2n) is 9.70. The number of hydrogen-bond donors (Lipinski definition) is 0. The summed E-state index contributed by atoms with van der Waals surface area (Å²) in [5.74, 6) is 2.75. The van der Waals surface area contributed by atoms with Crippen molar-refractivity contribution in [3.05, 3.63) is 48.2 Å². The van der Waals surface area contributed by atoms with Crippen LogP contribution in [0.2, 0.25) is 0 Å². The summed E-state index contributed by atoms with van der Waals surface area (Å²) >= 11 is 0. The number of carbonyl (C=O) groups excluding carboxylic acids is 1. The first-order valence-electron chi connectivity index (χ1n) is 12.2. The predicted molar refractivity (Wildman–Crippen MR) is 126 cm³/mol. The fourth-order valence-corrected chi connectivity index (χ4v) is 5.43. The van der Waals surface area contributed by atoms with Crippen LogP contribution in [0.3, 0.4) is 0 Å². The summed E-state index contributed by atoms with van der Waals surface area (Å²) in [6.07, 6.45) is 12.6. The lowest BCUT2D eigenvalue weighted by molar-refractivity contribution is -0.123. The number of pyridine rings is 1. The molecule has 32 heavy (non-hydrogen) atoms. The molecule has 0 unspecified atom stereocenters. The van der Waals surface area contributed by atoms with Gasteiger partial charge >= 0.3 is 0 Å². The van der Waals surface area contributed by atoms with E-state index in [1.807, 2.05) is 25.3 Å². The minimum atomic E-state index is 0.202. The second-order valence-corrected chi connectivity index (χ2v) is 9.70. The molecule has 1 saturated carbocycles. The van der Waals surface area contributed by atoms with Crippen LogP contribution in [0.25, 0.3) is 22.1 Å². The average molecular weight is 432 g/mol. The normalized spacial score (nSPS) is 22.3. The minimum Gasteiger partial charge on any atom is -0.441 e. The van der Waals surface area contributed by atoms with Crippen molar-refractivity contribution in [2.24, 2.45) is 11.8 Å². The van der Waals surface area contributed by atoms with Gasteiger partial charge < -0.3 is 9.32 Å². The molecule has 0 amide bonds. The number of fused-ring (bicyclic) bond motifs is 1. The van der Waals surface area contributed by atoms with Gasteiger partial charge in [0.05, 0.1) is 6.20 Å². The van der Waals surface area contributed by atoms with Crippen molar-refractivity contribution < 1.29 is 9.21 Å². The molecule has 5 nitrogen and oxygen atoms in total. The molecule has 2 aromatic heterocycles. The van der Waals surface area contributed by atoms with Gasteiger partial charge in [0.15, 0.2) is 11.7 Å². The molecule has 5 rings (SSSR count). The monoisotopic (exact) mass is 431 g/mol. The van der Waals surface area contributed by atoms with E-state index in [-0.39, 0.29) is 5.92 Å². The summed E-state index contributed by atoms with van der Waals surface area (Å²) in [5, 5.41) is 2.15. The summed E-state index contributed by atoms with van der Waals surface area (Å²) < 4.78 is 5.67. The van der Waals surface area contributed by atoms with Gasteiger partial charge in [0.25, 0.3) is 0 Å². The molecule has 168 valence electrons. The zero-order valence-corrected chi connectivity index (χ0v) is 19.1. The van der Waals surface area contributed by atoms with Crippen molar-refractivity contribution in [2.45, 2.75) is 58.3 Å². The van der Waals surface area contributed by atoms with Gasteiger partial charge in [-0.05, 0) is 75.1 Å². The van der Waals surface area contributed by atoms with E-state index in [1.54, 1.807) is 6.20 Å². The zero-order chi connectivity index (χ0) is 21.9. The number of likely N-dealkylation sites (tertiary alicyclic amines) is 1. The Morgan fingerprint density at radius 3 is 2.56 bits per heavy atom. The Morgan fingerprint density at radius 2 is 1.81 bits per heavy atom. The number of rotatable bonds is 6. The lowest BCUT2D eigenvalue weighted by atomic mass is 9.79. The molecule has 1 saturated heterocycles. The number of piperidine rings is 1. The van der Waals surface area contributed by atoms with Gasteiger partial charge in [-0.3, -0.25) is 9.78 Å². The van der Waals surface area contributed by atoms with Crippen molar-refractivity contribution >= 4 is 16.6 Å². The van der Waals surface area contributed by atoms with E-state index in [0.29, 0.717) is 18.1 Å². The van der Waals surface area contributed by atoms with E-state index in [0.717, 1.165) is 46.5 Å². The Morgan fingerprint density at radius 1 is 1.00 bits per heavy atom. The number of aromatic nitrogens is 2. The fourth-order valence-electron chi connectivity index (χ4n) is 5.43. The number of aryl methyl sites for hydroxylation is 1. The molecule has 5 heteroatoms. The van der Waals surface area contributed by atoms with Gasteiger partial charge in [-0.25, -0.2) is 4.98 Å². The maximum Gasteiger partial charge on any atom is 0.191 e. The topological polar surface area (TPSA) is 59.2 Å². The van der Waals surface area contributed by atoms with Gasteiger partial charge in [0.2, 0.25) is 0 Å². The molecule has 3 aromatic rings. The molecule has 0 spiro atoms. The molecule has 1 aliphatic carbocycles. The lowest BCUT2D eigenvalue weighted by Gasteiger charge is -2.34. The van der Waals surface area contributed by atoms with Crippen LogP contribution in [-0.4, -0.2) is 40.3 Å². The molecule has 3 heterocycles. The van der Waals surface area contributed by atoms with E-state index in [2.05, 4.69) is 27.0 Å². The number of oxazole rings is 1. The van der Waals surface area contributed by atoms with Crippen molar-refractivity contribution in [1.82, 2.24) is 14.9 Å². The van der Waals surface area contributed by atoms with E-state index in [4.69, 9.17) is 4.42 Å². The summed E-state index contributed by atoms with van der Waals surface area (Å²) in [5.41, 5.74) is 1.86. The third-order valence-corrected chi connectivity index (χ3v) is 7.31. The summed E-state index contributed by atoms with van der Waals surface area (Å²) in [4.78, 5) is 24.4. The minimum absolute atomic E-state index is 0.202. The van der Waals surface area contributed by atoms with Crippen LogP contribution in [0.15, 0.2) is 41.1 Å². The molecule has 1 aliphatic heterocycles. The highest BCUT2D eigenvalue weighted by Gasteiger charge is 2.27. The molecule has 0 bridgehead atoms. The van der Waals surface area contributed by atoms with Gasteiger partial charge in [-0.15, -0.1) is 0 Å². The number of carbonyl (C=O) groups is 1. The Balaban J connectivity index is 1.20. The van der Waals surface area contributed by atoms with Crippen molar-refractivity contribution in [2.75, 3.05) is 19.6 Å². The quantitative estimate of drug-likeness (QED) is 0.508. The van der Waals surface area contributed by atoms with E-state index in [9.17, 15) is 4.79 Å². The van der Waals surface area contributed by atoms with Gasteiger partial charge in [-0.1, -0.05) is 18.6 Å². The number of ketones is 1. The first-order chi connectivity index (χ1) is 15.6. The zero-order valence-electron chi connectivity index (χ0n) is 19.1. The number of nitrogens with zero attached hydrogens (tertiary/aromatic N) is 3. The predicted octanol–water partition coefficient (Wildman–Crippen LogP) is 5.60. The van der Waals surface area contributed by atoms with Crippen LogP contribution in [0, 0.1) is 18.8 Å². The van der Waals surface area contributed by atoms with Crippen molar-refractivity contribution in [3.63, 3.8) is 0 Å². The molecule has 0 atom stereocenters. The van der Waals surface area contributed by atoms with Crippen LogP contribution in [-0.2, 0) is 11.2 Å². The van der Waals surface area contributed by atoms with E-state index >= 15 is 0 Å². The Hall–Kier alpha value is -2.53. The SMILES string of the molecule is Cc1ncc(-c2ccc3cnc(CC(=O)C4CCC(CN5CCCCC5)CC4)cc3c2)o1. The average Bonchev–Trinajstić information content (AvgIpc) is 3.26. The summed E-state index contributed by atoms with van der Waals surface area (Å²) in [6.45, 7) is 5.62. The van der Waals surface area contributed by atoms with Crippen LogP contribution >= 0.6 is 0 Å². The smallest absolute Gasteiger partial charge is 0.191 e. The molecule has 1 aromatic carbocycles. The molecule has 2 fully saturated rings. The third kappa shape index (κ3) is 4.93. The first kappa shape index (κ1) is 21.3. The van der Waals surface area contributed by atoms with Crippen molar-refractivity contribution in [1.29, 1.82) is 0 Å². The molecular weight excluding hydrogens is 398 g/mol. The molecule has 0 N–H and O–H groups in total. The standard InChI is InChI=1S/C27H33N3O2/c1-19-28-17-27(32-19)22-9-10-23-16-29-25(14-24(23)13-22)15-26(31)21-7-5-20(6-8-21)18-30-11-3-2-4-12-30/h9-10,13-14,16-17,20-21H,2-8,11-12,15,18H2,1H3. The third-order valence-electron chi connectivity index (χ3n) is 7.31. The highest BCUT2D eigenvalue weighted by atomic mass is 16.4. The Kier molecular flexibility index (Phi) is 6.35. The molecule has 0 radical (unpaired) electrons. The van der Waals surface area contributed by atoms with Crippen LogP contribution in [0.4, 0.5) is 0 Å². The molecule has 2 aliphatic rings. The highest BCUT2D eigenvalue weighted by Crippen LogP contribution is 2.31. The van der Waals surface area contributed by atoms with Crippen molar-refractivity contribution in [3.8, 4) is 11.3 Å². The fraction of sp³-hybridized carbons (Fsp3) is 0.519. The van der Waals surface area contributed by atoms with E-state index in [1.165, 1.54) is 51.7 Å². The van der Waals surface area contributed by atoms with E-state index < -0.39 is 0 Å². The Bertz CT molecular complexity index is 1080. The molecular formula is C27H33N3O2. The summed E-state index contributed by atoms with van der Waals surface area (Å²) in [7, 11) is 0. The maximum atomic E-state index is 13.0. The van der Waals surface area contributed by atoms with Gasteiger partial charge in [0.1, 0.15) is 5.78 Å². The largest absolute Gasteiger partial charge is 0.441 e. The van der Waals surface area contributed by atoms with Gasteiger partial charge in [-0.2, -0.15) is 0 Å². The van der Waals surface area contributed by atoms with Crippen LogP contribution < -0.4 is 0 Å². The van der Waals surface area contributed by atoms with Crippen LogP contribution in [0.5, 0.6) is 0 Å². The number of benzene rings is 1. The second kappa shape index (κ2) is 9.53. The number of hydrogen-bond acceptors (Lipinski definition) is 5. The maximum absolute atomic E-state index is 13.0. The highest BCUT2D eigenvalue weighted by molar-refractivity contribution is 5.88. The van der Waals surface area contributed by atoms with Gasteiger partial charge in [0, 0.05) is 48.6 Å². The number of Topliss-reactive ketones (excluding diaryl/α,β-unsaturated/α-hetero) is 1. The van der Waals surface area contributed by atoms with Crippen LogP contribution in [0.1, 0.15) is 56.5 Å². The Labute approximate surface area is 190 Å². The summed E-state index contributed by atoms with van der Waals surface area (Å²) in [6, 6.07) is 8.22. The lowest BCUT2D eigenvalue weighted by Crippen LogP contribution is -2.36.